The van der Waals surface area contributed by atoms with Crippen LogP contribution in [-0.2, 0) is 16.6 Å². The van der Waals surface area contributed by atoms with E-state index in [2.05, 4.69) is 10.0 Å². The van der Waals surface area contributed by atoms with Gasteiger partial charge in [0.2, 0.25) is 0 Å². The number of thioether (sulfide) groups is 1. The molecule has 0 saturated heterocycles. The SMILES string of the molecule is CSc1ccc(CNC(=O)c2ccc(S(=O)(=O)Nc3ccccc3C)cc2)cc1. The van der Waals surface area contributed by atoms with Crippen molar-refractivity contribution in [2.24, 2.45) is 0 Å². The van der Waals surface area contributed by atoms with Crippen LogP contribution in [0.2, 0.25) is 0 Å². The third kappa shape index (κ3) is 5.40. The highest BCUT2D eigenvalue weighted by Gasteiger charge is 2.16. The van der Waals surface area contributed by atoms with Crippen LogP contribution >= 0.6 is 11.8 Å². The number of para-hydroxylation sites is 1. The predicted molar refractivity (Wildman–Crippen MR) is 118 cm³/mol. The predicted octanol–water partition coefficient (Wildman–Crippen LogP) is 4.45. The maximum absolute atomic E-state index is 12.6. The molecule has 0 bridgehead atoms. The minimum atomic E-state index is -3.72. The van der Waals surface area contributed by atoms with Crippen molar-refractivity contribution < 1.29 is 13.2 Å². The van der Waals surface area contributed by atoms with E-state index in [0.29, 0.717) is 17.8 Å². The number of hydrogen-bond acceptors (Lipinski definition) is 4. The second-order valence-corrected chi connectivity index (χ2v) is 9.04. The summed E-state index contributed by atoms with van der Waals surface area (Å²) in [6, 6.07) is 21.0. The lowest BCUT2D eigenvalue weighted by Gasteiger charge is -2.11. The number of carbonyl (C=O) groups excluding carboxylic acids is 1. The van der Waals surface area contributed by atoms with E-state index in [1.165, 1.54) is 24.3 Å². The van der Waals surface area contributed by atoms with E-state index in [-0.39, 0.29) is 10.8 Å². The van der Waals surface area contributed by atoms with E-state index in [9.17, 15) is 13.2 Å². The van der Waals surface area contributed by atoms with Crippen molar-refractivity contribution in [3.63, 3.8) is 0 Å². The molecule has 0 fully saturated rings. The van der Waals surface area contributed by atoms with E-state index in [1.807, 2.05) is 49.6 Å². The van der Waals surface area contributed by atoms with Crippen molar-refractivity contribution in [3.05, 3.63) is 89.5 Å². The fourth-order valence-corrected chi connectivity index (χ4v) is 4.24. The zero-order chi connectivity index (χ0) is 20.9. The second-order valence-electron chi connectivity index (χ2n) is 6.48. The minimum absolute atomic E-state index is 0.102. The molecule has 0 aromatic heterocycles. The molecule has 0 atom stereocenters. The number of rotatable bonds is 7. The van der Waals surface area contributed by atoms with E-state index in [0.717, 1.165) is 16.0 Å². The van der Waals surface area contributed by atoms with E-state index < -0.39 is 10.0 Å². The Morgan fingerprint density at radius 2 is 1.59 bits per heavy atom. The Morgan fingerprint density at radius 3 is 2.21 bits per heavy atom. The van der Waals surface area contributed by atoms with Crippen LogP contribution in [0.5, 0.6) is 0 Å². The molecule has 0 heterocycles. The maximum atomic E-state index is 12.6. The van der Waals surface area contributed by atoms with Gasteiger partial charge in [-0.15, -0.1) is 11.8 Å². The van der Waals surface area contributed by atoms with E-state index in [4.69, 9.17) is 0 Å². The van der Waals surface area contributed by atoms with Crippen molar-refractivity contribution in [2.45, 2.75) is 23.3 Å². The van der Waals surface area contributed by atoms with Gasteiger partial charge in [-0.25, -0.2) is 8.42 Å². The highest BCUT2D eigenvalue weighted by Crippen LogP contribution is 2.20. The van der Waals surface area contributed by atoms with Crippen molar-refractivity contribution in [1.82, 2.24) is 5.32 Å². The number of aryl methyl sites for hydroxylation is 1. The molecule has 7 heteroatoms. The number of amides is 1. The van der Waals surface area contributed by atoms with Crippen LogP contribution in [-0.4, -0.2) is 20.6 Å². The average molecular weight is 427 g/mol. The Bertz CT molecular complexity index is 1090. The van der Waals surface area contributed by atoms with Crippen molar-refractivity contribution in [1.29, 1.82) is 0 Å². The fourth-order valence-electron chi connectivity index (χ4n) is 2.70. The second kappa shape index (κ2) is 9.15. The van der Waals surface area contributed by atoms with Gasteiger partial charge in [0.25, 0.3) is 15.9 Å². The first-order valence-corrected chi connectivity index (χ1v) is 11.7. The summed E-state index contributed by atoms with van der Waals surface area (Å²) in [6.45, 7) is 2.24. The smallest absolute Gasteiger partial charge is 0.261 e. The number of sulfonamides is 1. The van der Waals surface area contributed by atoms with Gasteiger partial charge in [-0.2, -0.15) is 0 Å². The van der Waals surface area contributed by atoms with Gasteiger partial charge in [0.15, 0.2) is 0 Å². The fraction of sp³-hybridized carbons (Fsp3) is 0.136. The number of nitrogens with one attached hydrogen (secondary N) is 2. The van der Waals surface area contributed by atoms with Gasteiger partial charge in [-0.1, -0.05) is 30.3 Å². The molecule has 0 aliphatic carbocycles. The molecule has 29 heavy (non-hydrogen) atoms. The first kappa shape index (κ1) is 21.0. The molecular formula is C22H22N2O3S2. The highest BCUT2D eigenvalue weighted by atomic mass is 32.2. The normalized spacial score (nSPS) is 11.1. The molecule has 0 unspecified atom stereocenters. The summed E-state index contributed by atoms with van der Waals surface area (Å²) in [4.78, 5) is 13.6. The number of carbonyl (C=O) groups is 1. The van der Waals surface area contributed by atoms with Crippen LogP contribution in [0.3, 0.4) is 0 Å². The third-order valence-electron chi connectivity index (χ3n) is 4.43. The van der Waals surface area contributed by atoms with Crippen LogP contribution in [0.1, 0.15) is 21.5 Å². The van der Waals surface area contributed by atoms with Crippen LogP contribution in [0.25, 0.3) is 0 Å². The number of anilines is 1. The molecule has 1 amide bonds. The molecule has 150 valence electrons. The van der Waals surface area contributed by atoms with Gasteiger partial charge in [0.05, 0.1) is 10.6 Å². The summed E-state index contributed by atoms with van der Waals surface area (Å²) in [5, 5.41) is 2.85. The average Bonchev–Trinajstić information content (AvgIpc) is 2.74. The monoisotopic (exact) mass is 426 g/mol. The van der Waals surface area contributed by atoms with Crippen LogP contribution in [0, 0.1) is 6.92 Å². The Labute approximate surface area is 175 Å². The van der Waals surface area contributed by atoms with Gasteiger partial charge in [0.1, 0.15) is 0 Å². The number of hydrogen-bond donors (Lipinski definition) is 2. The first-order chi connectivity index (χ1) is 13.9. The largest absolute Gasteiger partial charge is 0.348 e. The van der Waals surface area contributed by atoms with Gasteiger partial charge in [-0.3, -0.25) is 9.52 Å². The van der Waals surface area contributed by atoms with Gasteiger partial charge in [0, 0.05) is 17.0 Å². The minimum Gasteiger partial charge on any atom is -0.348 e. The van der Waals surface area contributed by atoms with Crippen molar-refractivity contribution >= 4 is 33.4 Å². The van der Waals surface area contributed by atoms with E-state index in [1.54, 1.807) is 23.9 Å². The van der Waals surface area contributed by atoms with Crippen LogP contribution in [0.15, 0.2) is 82.6 Å². The lowest BCUT2D eigenvalue weighted by Crippen LogP contribution is -2.23. The summed E-state index contributed by atoms with van der Waals surface area (Å²) in [5.74, 6) is -0.255. The zero-order valence-corrected chi connectivity index (χ0v) is 17.8. The van der Waals surface area contributed by atoms with Gasteiger partial charge in [-0.05, 0) is 66.8 Å². The lowest BCUT2D eigenvalue weighted by atomic mass is 10.2. The molecular weight excluding hydrogens is 404 g/mol. The molecule has 0 spiro atoms. The quantitative estimate of drug-likeness (QED) is 0.548. The molecule has 5 nitrogen and oxygen atoms in total. The lowest BCUT2D eigenvalue weighted by molar-refractivity contribution is 0.0951. The standard InChI is InChI=1S/C22H22N2O3S2/c1-16-5-3-4-6-21(16)24-29(26,27)20-13-9-18(10-14-20)22(25)23-15-17-7-11-19(28-2)12-8-17/h3-14,24H,15H2,1-2H3,(H,23,25). The molecule has 3 aromatic rings. The Hall–Kier alpha value is -2.77. The molecule has 3 rings (SSSR count). The molecule has 0 saturated carbocycles. The summed E-state index contributed by atoms with van der Waals surface area (Å²) < 4.78 is 27.7. The summed E-state index contributed by atoms with van der Waals surface area (Å²) >= 11 is 1.66. The number of benzene rings is 3. The molecule has 3 aromatic carbocycles. The van der Waals surface area contributed by atoms with Crippen LogP contribution < -0.4 is 10.0 Å². The van der Waals surface area contributed by atoms with Crippen molar-refractivity contribution in [2.75, 3.05) is 11.0 Å². The third-order valence-corrected chi connectivity index (χ3v) is 6.55. The Balaban J connectivity index is 1.65. The first-order valence-electron chi connectivity index (χ1n) is 8.99. The summed E-state index contributed by atoms with van der Waals surface area (Å²) in [6.07, 6.45) is 2.01. The topological polar surface area (TPSA) is 75.3 Å². The van der Waals surface area contributed by atoms with Gasteiger partial charge >= 0.3 is 0 Å². The zero-order valence-electron chi connectivity index (χ0n) is 16.2. The Kier molecular flexibility index (Phi) is 6.61. The maximum Gasteiger partial charge on any atom is 0.261 e. The highest BCUT2D eigenvalue weighted by molar-refractivity contribution is 7.98. The van der Waals surface area contributed by atoms with Crippen molar-refractivity contribution in [3.8, 4) is 0 Å². The molecule has 0 aliphatic heterocycles. The van der Waals surface area contributed by atoms with Crippen LogP contribution in [0.4, 0.5) is 5.69 Å². The van der Waals surface area contributed by atoms with Gasteiger partial charge < -0.3 is 5.32 Å². The molecule has 0 aliphatic rings. The summed E-state index contributed by atoms with van der Waals surface area (Å²) in [5.41, 5.74) is 2.76. The Morgan fingerprint density at radius 1 is 0.931 bits per heavy atom. The van der Waals surface area contributed by atoms with E-state index >= 15 is 0 Å². The molecule has 0 radical (unpaired) electrons. The molecule has 2 N–H and O–H groups in total. The summed E-state index contributed by atoms with van der Waals surface area (Å²) in [7, 11) is -3.72.